The van der Waals surface area contributed by atoms with Gasteiger partial charge in [-0.05, 0) is 54.3 Å². The van der Waals surface area contributed by atoms with E-state index in [1.54, 1.807) is 12.4 Å². The van der Waals surface area contributed by atoms with Gasteiger partial charge in [0.2, 0.25) is 0 Å². The van der Waals surface area contributed by atoms with Gasteiger partial charge < -0.3 is 16.0 Å². The average molecular weight is 537 g/mol. The molecular formula is C30H36N10. The fraction of sp³-hybridized carbons (Fsp3) is 0.333. The van der Waals surface area contributed by atoms with Gasteiger partial charge in [-0.25, -0.2) is 4.98 Å². The molecule has 4 aromatic rings. The molecule has 1 saturated heterocycles. The number of allylic oxidation sites excluding steroid dienone is 1. The molecule has 0 spiro atoms. The number of nitrogens with two attached hydrogens (primary N) is 1. The summed E-state index contributed by atoms with van der Waals surface area (Å²) in [6.45, 7) is 10.2. The zero-order valence-electron chi connectivity index (χ0n) is 23.1. The number of fused-ring (bicyclic) bond motifs is 1. The molecule has 1 aliphatic rings. The van der Waals surface area contributed by atoms with Gasteiger partial charge in [0.1, 0.15) is 5.82 Å². The molecule has 0 amide bonds. The molecule has 0 unspecified atom stereocenters. The maximum atomic E-state index is 5.97. The highest BCUT2D eigenvalue weighted by Crippen LogP contribution is 2.22. The minimum atomic E-state index is 0.365. The Morgan fingerprint density at radius 1 is 1.02 bits per heavy atom. The molecule has 0 radical (unpaired) electrons. The molecule has 40 heavy (non-hydrogen) atoms. The number of nitrogens with one attached hydrogen (secondary N) is 1. The molecule has 3 N–H and O–H groups in total. The summed E-state index contributed by atoms with van der Waals surface area (Å²) in [5, 5.41) is 11.5. The number of rotatable bonds is 10. The van der Waals surface area contributed by atoms with E-state index in [2.05, 4.69) is 66.3 Å². The van der Waals surface area contributed by atoms with Gasteiger partial charge in [0, 0.05) is 87.1 Å². The molecule has 0 aromatic carbocycles. The number of aromatic nitrogens is 5. The minimum absolute atomic E-state index is 0.365. The summed E-state index contributed by atoms with van der Waals surface area (Å²) in [5.41, 5.74) is 11.6. The van der Waals surface area contributed by atoms with Crippen molar-refractivity contribution in [2.24, 2.45) is 10.7 Å². The first kappa shape index (κ1) is 27.1. The van der Waals surface area contributed by atoms with E-state index in [9.17, 15) is 0 Å². The number of nitrogens with zero attached hydrogens (tertiary/aromatic N) is 8. The first-order chi connectivity index (χ1) is 19.6. The fourth-order valence-electron chi connectivity index (χ4n) is 4.67. The molecule has 1 fully saturated rings. The third-order valence-electron chi connectivity index (χ3n) is 7.04. The lowest BCUT2D eigenvalue weighted by molar-refractivity contribution is 0.256. The van der Waals surface area contributed by atoms with Crippen LogP contribution in [0.25, 0.3) is 16.6 Å². The van der Waals surface area contributed by atoms with Crippen LogP contribution in [-0.4, -0.2) is 75.5 Å². The second kappa shape index (κ2) is 13.1. The fourth-order valence-corrected chi connectivity index (χ4v) is 4.67. The maximum absolute atomic E-state index is 5.97. The topological polar surface area (TPSA) is 121 Å². The van der Waals surface area contributed by atoms with Gasteiger partial charge in [-0.1, -0.05) is 13.8 Å². The van der Waals surface area contributed by atoms with E-state index in [4.69, 9.17) is 10.7 Å². The summed E-state index contributed by atoms with van der Waals surface area (Å²) in [6.07, 6.45) is 11.7. The van der Waals surface area contributed by atoms with Crippen LogP contribution in [0.4, 0.5) is 17.3 Å². The summed E-state index contributed by atoms with van der Waals surface area (Å²) >= 11 is 0. The van der Waals surface area contributed by atoms with E-state index >= 15 is 0 Å². The van der Waals surface area contributed by atoms with E-state index < -0.39 is 0 Å². The lowest BCUT2D eigenvalue weighted by atomic mass is 10.1. The predicted molar refractivity (Wildman–Crippen MR) is 162 cm³/mol. The first-order valence-electron chi connectivity index (χ1n) is 13.7. The van der Waals surface area contributed by atoms with Crippen molar-refractivity contribution >= 4 is 40.1 Å². The monoisotopic (exact) mass is 536 g/mol. The molecule has 10 nitrogen and oxygen atoms in total. The van der Waals surface area contributed by atoms with E-state index in [1.165, 1.54) is 5.69 Å². The second-order valence-corrected chi connectivity index (χ2v) is 10.2. The third kappa shape index (κ3) is 6.95. The van der Waals surface area contributed by atoms with Crippen molar-refractivity contribution in [3.63, 3.8) is 0 Å². The highest BCUT2D eigenvalue weighted by atomic mass is 15.3. The maximum Gasteiger partial charge on any atom is 0.154 e. The van der Waals surface area contributed by atoms with E-state index in [0.717, 1.165) is 73.4 Å². The van der Waals surface area contributed by atoms with Crippen LogP contribution in [0.2, 0.25) is 0 Å². The van der Waals surface area contributed by atoms with Gasteiger partial charge in [-0.15, -0.1) is 5.10 Å². The molecule has 0 bridgehead atoms. The van der Waals surface area contributed by atoms with Gasteiger partial charge in [0.25, 0.3) is 0 Å². The lowest BCUT2D eigenvalue weighted by Gasteiger charge is -2.36. The van der Waals surface area contributed by atoms with Crippen molar-refractivity contribution in [2.45, 2.75) is 26.2 Å². The van der Waals surface area contributed by atoms with Crippen LogP contribution in [0, 0.1) is 0 Å². The van der Waals surface area contributed by atoms with Crippen molar-refractivity contribution in [1.29, 1.82) is 0 Å². The molecule has 206 valence electrons. The molecule has 5 rings (SSSR count). The zero-order valence-corrected chi connectivity index (χ0v) is 23.1. The lowest BCUT2D eigenvalue weighted by Crippen LogP contribution is -2.46. The van der Waals surface area contributed by atoms with E-state index in [-0.39, 0.29) is 0 Å². The number of aliphatic imine (C=N–C) groups is 1. The quantitative estimate of drug-likeness (QED) is 0.226. The Labute approximate surface area is 235 Å². The first-order valence-corrected chi connectivity index (χ1v) is 13.7. The number of pyridine rings is 3. The summed E-state index contributed by atoms with van der Waals surface area (Å²) in [7, 11) is 0. The number of hydrogen-bond acceptors (Lipinski definition) is 10. The smallest absolute Gasteiger partial charge is 0.154 e. The Bertz CT molecular complexity index is 1460. The Morgan fingerprint density at radius 3 is 2.62 bits per heavy atom. The van der Waals surface area contributed by atoms with Gasteiger partial charge in [-0.2, -0.15) is 5.10 Å². The third-order valence-corrected chi connectivity index (χ3v) is 7.04. The number of hydrogen-bond donors (Lipinski definition) is 2. The molecule has 4 aromatic heterocycles. The van der Waals surface area contributed by atoms with Crippen molar-refractivity contribution in [1.82, 2.24) is 30.0 Å². The highest BCUT2D eigenvalue weighted by molar-refractivity contribution is 6.10. The molecule has 10 heteroatoms. The number of piperazine rings is 1. The van der Waals surface area contributed by atoms with Crippen molar-refractivity contribution < 1.29 is 0 Å². The molecule has 0 aliphatic carbocycles. The van der Waals surface area contributed by atoms with Crippen LogP contribution in [-0.2, 0) is 0 Å². The molecule has 1 aliphatic heterocycles. The van der Waals surface area contributed by atoms with Crippen LogP contribution in [0.3, 0.4) is 0 Å². The zero-order chi connectivity index (χ0) is 27.7. The summed E-state index contributed by atoms with van der Waals surface area (Å²) < 4.78 is 0. The van der Waals surface area contributed by atoms with Gasteiger partial charge in [0.15, 0.2) is 5.82 Å². The van der Waals surface area contributed by atoms with Gasteiger partial charge in [-0.3, -0.25) is 19.9 Å². The second-order valence-electron chi connectivity index (χ2n) is 10.2. The minimum Gasteiger partial charge on any atom is -0.404 e. The standard InChI is InChI=1S/C30H36N10/c1-22(2)23-17-30(38-35-21-23)37-29-5-4-27-28(36-29)16-24(20-34-27)25(18-31)19-33-8-3-11-39-12-14-40(15-13-39)26-6-9-32-10-7-26/h4-7,9-10,16-22H,3,8,11-15,31H2,1-2H3,(H,36,37,38). The Hall–Kier alpha value is -4.44. The van der Waals surface area contributed by atoms with Crippen molar-refractivity contribution in [2.75, 3.05) is 49.5 Å². The van der Waals surface area contributed by atoms with E-state index in [0.29, 0.717) is 17.6 Å². The van der Waals surface area contributed by atoms with Crippen LogP contribution < -0.4 is 16.0 Å². The van der Waals surface area contributed by atoms with Crippen molar-refractivity contribution in [3.05, 3.63) is 78.5 Å². The molecule has 0 saturated carbocycles. The Kier molecular flexibility index (Phi) is 8.87. The SMILES string of the molecule is CC(C)c1cnnc(Nc2ccc3ncc(C(C=NCCCN4CCN(c5ccncc5)CC4)=CN)cc3n2)c1. The highest BCUT2D eigenvalue weighted by Gasteiger charge is 2.16. The molecular weight excluding hydrogens is 500 g/mol. The normalized spacial score (nSPS) is 14.9. The molecule has 0 atom stereocenters. The van der Waals surface area contributed by atoms with Gasteiger partial charge in [0.05, 0.1) is 17.2 Å². The van der Waals surface area contributed by atoms with Crippen LogP contribution in [0.5, 0.6) is 0 Å². The molecule has 5 heterocycles. The van der Waals surface area contributed by atoms with Crippen LogP contribution in [0.15, 0.2) is 72.4 Å². The Balaban J connectivity index is 1.14. The Morgan fingerprint density at radius 2 is 1.85 bits per heavy atom. The van der Waals surface area contributed by atoms with Crippen molar-refractivity contribution in [3.8, 4) is 0 Å². The predicted octanol–water partition coefficient (Wildman–Crippen LogP) is 4.26. The largest absolute Gasteiger partial charge is 0.404 e. The summed E-state index contributed by atoms with van der Waals surface area (Å²) in [6, 6.07) is 11.9. The van der Waals surface area contributed by atoms with Crippen LogP contribution in [0.1, 0.15) is 37.3 Å². The average Bonchev–Trinajstić information content (AvgIpc) is 2.99. The van der Waals surface area contributed by atoms with E-state index in [1.807, 2.05) is 49.1 Å². The summed E-state index contributed by atoms with van der Waals surface area (Å²) in [5.74, 6) is 1.70. The summed E-state index contributed by atoms with van der Waals surface area (Å²) in [4.78, 5) is 23.0. The number of anilines is 3. The van der Waals surface area contributed by atoms with Crippen LogP contribution >= 0.6 is 0 Å². The van der Waals surface area contributed by atoms with Gasteiger partial charge >= 0.3 is 0 Å².